The summed E-state index contributed by atoms with van der Waals surface area (Å²) in [6, 6.07) is 20.0. The molecule has 4 nitrogen and oxygen atoms in total. The number of halogens is 1. The number of benzene rings is 2. The second-order valence-electron chi connectivity index (χ2n) is 5.35. The van der Waals surface area contributed by atoms with Crippen LogP contribution in [0.25, 0.3) is 11.3 Å². The first kappa shape index (κ1) is 17.2. The summed E-state index contributed by atoms with van der Waals surface area (Å²) < 4.78 is 25.9. The second kappa shape index (κ2) is 7.06. The highest BCUT2D eigenvalue weighted by Crippen LogP contribution is 2.31. The number of nitriles is 1. The first-order chi connectivity index (χ1) is 12.0. The molecule has 1 heterocycles. The highest BCUT2D eigenvalue weighted by Gasteiger charge is 2.29. The Morgan fingerprint density at radius 3 is 2.40 bits per heavy atom. The number of nitrogens with zero attached hydrogens (tertiary/aromatic N) is 2. The van der Waals surface area contributed by atoms with Crippen molar-refractivity contribution in [1.82, 2.24) is 4.98 Å². The predicted octanol–water partition coefficient (Wildman–Crippen LogP) is 4.44. The fourth-order valence-corrected chi connectivity index (χ4v) is 4.07. The molecule has 0 fully saturated rings. The molecule has 1 unspecified atom stereocenters. The van der Waals surface area contributed by atoms with Gasteiger partial charge in [0, 0.05) is 16.8 Å². The van der Waals surface area contributed by atoms with E-state index in [9.17, 15) is 13.7 Å². The van der Waals surface area contributed by atoms with Crippen LogP contribution in [-0.2, 0) is 9.84 Å². The Bertz CT molecular complexity index is 1030. The maximum Gasteiger partial charge on any atom is 0.198 e. The molecule has 3 aromatic rings. The average Bonchev–Trinajstić information content (AvgIpc) is 2.64. The van der Waals surface area contributed by atoms with Crippen LogP contribution in [0.4, 0.5) is 0 Å². The van der Waals surface area contributed by atoms with Crippen LogP contribution < -0.4 is 0 Å². The molecule has 0 aliphatic heterocycles. The zero-order chi connectivity index (χ0) is 17.9. The van der Waals surface area contributed by atoms with Crippen molar-refractivity contribution < 1.29 is 8.42 Å². The molecule has 1 aromatic heterocycles. The molecular weight excluding hydrogens is 356 g/mol. The van der Waals surface area contributed by atoms with Crippen LogP contribution in [0.3, 0.4) is 0 Å². The number of hydrogen-bond donors (Lipinski definition) is 0. The van der Waals surface area contributed by atoms with Gasteiger partial charge in [-0.25, -0.2) is 8.42 Å². The third kappa shape index (κ3) is 3.55. The molecule has 0 saturated carbocycles. The molecule has 0 N–H and O–H groups in total. The summed E-state index contributed by atoms with van der Waals surface area (Å²) in [4.78, 5) is 4.31. The van der Waals surface area contributed by atoms with Crippen molar-refractivity contribution in [3.63, 3.8) is 0 Å². The summed E-state index contributed by atoms with van der Waals surface area (Å²) >= 11 is 5.84. The van der Waals surface area contributed by atoms with Gasteiger partial charge in [-0.1, -0.05) is 41.9 Å². The first-order valence-electron chi connectivity index (χ1n) is 7.43. The Balaban J connectivity index is 2.05. The summed E-state index contributed by atoms with van der Waals surface area (Å²) in [5.74, 6) is 0. The van der Waals surface area contributed by atoms with Gasteiger partial charge in [-0.05, 0) is 42.0 Å². The quantitative estimate of drug-likeness (QED) is 0.682. The molecule has 0 bridgehead atoms. The number of rotatable bonds is 4. The van der Waals surface area contributed by atoms with Gasteiger partial charge < -0.3 is 0 Å². The third-order valence-electron chi connectivity index (χ3n) is 3.72. The van der Waals surface area contributed by atoms with E-state index in [0.29, 0.717) is 21.8 Å². The first-order valence-corrected chi connectivity index (χ1v) is 9.35. The van der Waals surface area contributed by atoms with Crippen LogP contribution in [0.1, 0.15) is 10.8 Å². The Morgan fingerprint density at radius 2 is 1.76 bits per heavy atom. The minimum atomic E-state index is -3.88. The van der Waals surface area contributed by atoms with Gasteiger partial charge in [0.1, 0.15) is 0 Å². The van der Waals surface area contributed by atoms with Crippen LogP contribution in [0.2, 0.25) is 5.02 Å². The lowest BCUT2D eigenvalue weighted by Crippen LogP contribution is -2.12. The maximum absolute atomic E-state index is 13.0. The van der Waals surface area contributed by atoms with E-state index < -0.39 is 15.1 Å². The molecule has 25 heavy (non-hydrogen) atoms. The number of aromatic nitrogens is 1. The summed E-state index contributed by atoms with van der Waals surface area (Å²) in [7, 11) is -3.88. The fraction of sp³-hybridized carbons (Fsp3) is 0.0526. The van der Waals surface area contributed by atoms with Gasteiger partial charge in [0.15, 0.2) is 15.1 Å². The van der Waals surface area contributed by atoms with E-state index in [1.165, 1.54) is 12.1 Å². The maximum atomic E-state index is 13.0. The van der Waals surface area contributed by atoms with Gasteiger partial charge in [0.25, 0.3) is 0 Å². The molecule has 0 aliphatic rings. The summed E-state index contributed by atoms with van der Waals surface area (Å²) in [6.45, 7) is 0. The molecule has 1 atom stereocenters. The third-order valence-corrected chi connectivity index (χ3v) is 5.88. The summed E-state index contributed by atoms with van der Waals surface area (Å²) in [5, 5.41) is 8.64. The molecule has 0 amide bonds. The predicted molar refractivity (Wildman–Crippen MR) is 96.7 cm³/mol. The van der Waals surface area contributed by atoms with Crippen LogP contribution in [0.5, 0.6) is 0 Å². The largest absolute Gasteiger partial charge is 0.256 e. The summed E-state index contributed by atoms with van der Waals surface area (Å²) in [5.41, 5.74) is 1.73. The molecule has 0 spiro atoms. The zero-order valence-corrected chi connectivity index (χ0v) is 14.6. The van der Waals surface area contributed by atoms with Crippen molar-refractivity contribution in [3.8, 4) is 17.3 Å². The Morgan fingerprint density at radius 1 is 1.00 bits per heavy atom. The van der Waals surface area contributed by atoms with Gasteiger partial charge in [-0.15, -0.1) is 0 Å². The lowest BCUT2D eigenvalue weighted by Gasteiger charge is -2.12. The SMILES string of the molecule is N#CC(c1ccc(Cl)cc1)S(=O)(=O)c1cccc(-c2ccccn2)c1. The number of pyridine rings is 1. The Labute approximate surface area is 151 Å². The fourth-order valence-electron chi connectivity index (χ4n) is 2.46. The molecule has 0 saturated heterocycles. The molecule has 0 radical (unpaired) electrons. The molecule has 3 rings (SSSR count). The smallest absolute Gasteiger partial charge is 0.198 e. The Hall–Kier alpha value is -2.68. The molecular formula is C19H13ClN2O2S. The van der Waals surface area contributed by atoms with E-state index in [0.717, 1.165) is 0 Å². The van der Waals surface area contributed by atoms with Crippen molar-refractivity contribution >= 4 is 21.4 Å². The van der Waals surface area contributed by atoms with Gasteiger partial charge in [0.2, 0.25) is 0 Å². The van der Waals surface area contributed by atoms with Gasteiger partial charge in [-0.3, -0.25) is 4.98 Å². The minimum absolute atomic E-state index is 0.0807. The normalized spacial score (nSPS) is 12.3. The van der Waals surface area contributed by atoms with Crippen LogP contribution in [0.15, 0.2) is 77.8 Å². The standard InChI is InChI=1S/C19H13ClN2O2S/c20-16-9-7-14(8-10-16)19(13-21)25(23,24)17-5-3-4-15(12-17)18-6-1-2-11-22-18/h1-12,19H. The highest BCUT2D eigenvalue weighted by molar-refractivity contribution is 7.92. The number of hydrogen-bond acceptors (Lipinski definition) is 4. The Kier molecular flexibility index (Phi) is 4.84. The van der Waals surface area contributed by atoms with Crippen LogP contribution in [-0.4, -0.2) is 13.4 Å². The average molecular weight is 369 g/mol. The van der Waals surface area contributed by atoms with E-state index in [-0.39, 0.29) is 4.90 Å². The van der Waals surface area contributed by atoms with Gasteiger partial charge >= 0.3 is 0 Å². The van der Waals surface area contributed by atoms with Crippen molar-refractivity contribution in [2.24, 2.45) is 0 Å². The zero-order valence-electron chi connectivity index (χ0n) is 13.0. The summed E-state index contributed by atoms with van der Waals surface area (Å²) in [6.07, 6.45) is 1.64. The van der Waals surface area contributed by atoms with Crippen LogP contribution >= 0.6 is 11.6 Å². The number of sulfone groups is 1. The van der Waals surface area contributed by atoms with Crippen molar-refractivity contribution in [2.75, 3.05) is 0 Å². The van der Waals surface area contributed by atoms with E-state index in [2.05, 4.69) is 4.98 Å². The van der Waals surface area contributed by atoms with Crippen molar-refractivity contribution in [2.45, 2.75) is 10.1 Å². The molecule has 2 aromatic carbocycles. The van der Waals surface area contributed by atoms with E-state index in [1.807, 2.05) is 12.1 Å². The van der Waals surface area contributed by atoms with E-state index in [4.69, 9.17) is 11.6 Å². The van der Waals surface area contributed by atoms with E-state index in [1.54, 1.807) is 54.7 Å². The minimum Gasteiger partial charge on any atom is -0.256 e. The van der Waals surface area contributed by atoms with Crippen molar-refractivity contribution in [1.29, 1.82) is 5.26 Å². The molecule has 0 aliphatic carbocycles. The monoisotopic (exact) mass is 368 g/mol. The highest BCUT2D eigenvalue weighted by atomic mass is 35.5. The lowest BCUT2D eigenvalue weighted by atomic mass is 10.1. The van der Waals surface area contributed by atoms with E-state index >= 15 is 0 Å². The topological polar surface area (TPSA) is 70.8 Å². The lowest BCUT2D eigenvalue weighted by molar-refractivity contribution is 0.591. The van der Waals surface area contributed by atoms with Crippen molar-refractivity contribution in [3.05, 3.63) is 83.5 Å². The molecule has 6 heteroatoms. The second-order valence-corrected chi connectivity index (χ2v) is 7.82. The van der Waals surface area contributed by atoms with Gasteiger partial charge in [0.05, 0.1) is 16.7 Å². The van der Waals surface area contributed by atoms with Crippen LogP contribution in [0, 0.1) is 11.3 Å². The molecule has 124 valence electrons. The van der Waals surface area contributed by atoms with Gasteiger partial charge in [-0.2, -0.15) is 5.26 Å².